The number of carbonyl (C=O) groups excluding carboxylic acids is 3. The van der Waals surface area contributed by atoms with Crippen LogP contribution in [0.5, 0.6) is 0 Å². The van der Waals surface area contributed by atoms with Crippen LogP contribution in [0.1, 0.15) is 50.2 Å². The van der Waals surface area contributed by atoms with E-state index in [0.29, 0.717) is 43.4 Å². The van der Waals surface area contributed by atoms with Crippen LogP contribution in [-0.4, -0.2) is 74.0 Å². The van der Waals surface area contributed by atoms with E-state index in [1.54, 1.807) is 6.92 Å². The molecule has 2 aromatic rings. The van der Waals surface area contributed by atoms with Crippen LogP contribution in [0.15, 0.2) is 42.5 Å². The summed E-state index contributed by atoms with van der Waals surface area (Å²) in [6.45, 7) is 8.53. The molecule has 4 amide bonds. The number of halogens is 2. The molecule has 0 radical (unpaired) electrons. The highest BCUT2D eigenvalue weighted by Gasteiger charge is 2.30. The summed E-state index contributed by atoms with van der Waals surface area (Å²) in [6, 6.07) is 13.4. The SMILES string of the molecule is CONC(=O)Nc1ccc(CC2CCN(CCCN(C(=O)C3CCN(C(C)=O)CC3)c3ccc(C)c(Cl)c3)CC2)cc1.Cl. The molecule has 0 bridgehead atoms. The summed E-state index contributed by atoms with van der Waals surface area (Å²) in [6.07, 6.45) is 5.59. The number of rotatable bonds is 10. The van der Waals surface area contributed by atoms with Gasteiger partial charge >= 0.3 is 6.03 Å². The fourth-order valence-electron chi connectivity index (χ4n) is 5.95. The lowest BCUT2D eigenvalue weighted by molar-refractivity contribution is -0.133. The molecule has 0 unspecified atom stereocenters. The first kappa shape index (κ1) is 34.6. The van der Waals surface area contributed by atoms with E-state index in [2.05, 4.69) is 32.7 Å². The first-order chi connectivity index (χ1) is 20.2. The average molecular weight is 635 g/mol. The van der Waals surface area contributed by atoms with E-state index in [9.17, 15) is 14.4 Å². The number of aryl methyl sites for hydroxylation is 1. The molecule has 2 aliphatic rings. The van der Waals surface area contributed by atoms with Crippen molar-refractivity contribution in [1.82, 2.24) is 15.3 Å². The maximum atomic E-state index is 13.7. The molecule has 11 heteroatoms. The number of piperidine rings is 2. The molecule has 2 saturated heterocycles. The second-order valence-electron chi connectivity index (χ2n) is 11.5. The monoisotopic (exact) mass is 633 g/mol. The third-order valence-electron chi connectivity index (χ3n) is 8.52. The highest BCUT2D eigenvalue weighted by atomic mass is 35.5. The number of nitrogens with zero attached hydrogens (tertiary/aromatic N) is 3. The van der Waals surface area contributed by atoms with Crippen molar-refractivity contribution in [3.8, 4) is 0 Å². The Balaban J connectivity index is 0.00000506. The van der Waals surface area contributed by atoms with E-state index >= 15 is 0 Å². The molecule has 4 rings (SSSR count). The quantitative estimate of drug-likeness (QED) is 0.328. The number of nitrogens with one attached hydrogen (secondary N) is 2. The molecule has 9 nitrogen and oxygen atoms in total. The van der Waals surface area contributed by atoms with Crippen LogP contribution in [0.4, 0.5) is 16.2 Å². The first-order valence-corrected chi connectivity index (χ1v) is 15.4. The van der Waals surface area contributed by atoms with E-state index in [-0.39, 0.29) is 30.1 Å². The topological polar surface area (TPSA) is 94.2 Å². The molecule has 2 N–H and O–H groups in total. The van der Waals surface area contributed by atoms with E-state index in [1.807, 2.05) is 47.1 Å². The van der Waals surface area contributed by atoms with Crippen molar-refractivity contribution < 1.29 is 19.2 Å². The van der Waals surface area contributed by atoms with Gasteiger partial charge in [-0.15, -0.1) is 12.4 Å². The van der Waals surface area contributed by atoms with Crippen LogP contribution in [0.3, 0.4) is 0 Å². The Hall–Kier alpha value is -2.85. The first-order valence-electron chi connectivity index (χ1n) is 15.0. The molecule has 236 valence electrons. The molecule has 43 heavy (non-hydrogen) atoms. The Labute approximate surface area is 266 Å². The van der Waals surface area contributed by atoms with Crippen LogP contribution in [0.25, 0.3) is 0 Å². The van der Waals surface area contributed by atoms with E-state index in [1.165, 1.54) is 12.7 Å². The van der Waals surface area contributed by atoms with Gasteiger partial charge in [0.2, 0.25) is 11.8 Å². The van der Waals surface area contributed by atoms with Crippen LogP contribution in [0, 0.1) is 18.8 Å². The minimum Gasteiger partial charge on any atom is -0.343 e. The van der Waals surface area contributed by atoms with Gasteiger partial charge in [0.25, 0.3) is 0 Å². The summed E-state index contributed by atoms with van der Waals surface area (Å²) in [5, 5.41) is 3.39. The number of urea groups is 1. The molecule has 2 aliphatic heterocycles. The third kappa shape index (κ3) is 10.1. The van der Waals surface area contributed by atoms with Gasteiger partial charge in [-0.25, -0.2) is 10.3 Å². The molecule has 2 heterocycles. The number of hydrogen-bond donors (Lipinski definition) is 2. The van der Waals surface area contributed by atoms with Gasteiger partial charge in [0.1, 0.15) is 0 Å². The number of carbonyl (C=O) groups is 3. The predicted molar refractivity (Wildman–Crippen MR) is 174 cm³/mol. The molecule has 0 spiro atoms. The maximum absolute atomic E-state index is 13.7. The second kappa shape index (κ2) is 16.9. The smallest absolute Gasteiger partial charge is 0.343 e. The molecule has 0 aromatic heterocycles. The van der Waals surface area contributed by atoms with Crippen molar-refractivity contribution in [2.75, 3.05) is 56.6 Å². The molecular weight excluding hydrogens is 589 g/mol. The van der Waals surface area contributed by atoms with Gasteiger partial charge in [0.05, 0.1) is 7.11 Å². The Morgan fingerprint density at radius 1 is 1.00 bits per heavy atom. The van der Waals surface area contributed by atoms with Crippen LogP contribution in [-0.2, 0) is 20.8 Å². The van der Waals surface area contributed by atoms with E-state index in [0.717, 1.165) is 62.3 Å². The second-order valence-corrected chi connectivity index (χ2v) is 11.9. The number of hydroxylamine groups is 1. The standard InChI is InChI=1S/C32H44ClN5O4.ClH/c1-23-5-10-29(22-30(23)33)38(31(40)27-13-19-37(20-14-27)24(2)39)16-4-15-36-17-11-26(12-18-36)21-25-6-8-28(9-7-25)34-32(41)35-42-3;/h5-10,22,26-27H,4,11-21H2,1-3H3,(H2,34,35,41);1H. The van der Waals surface area contributed by atoms with Crippen LogP contribution < -0.4 is 15.7 Å². The predicted octanol–water partition coefficient (Wildman–Crippen LogP) is 5.69. The van der Waals surface area contributed by atoms with Gasteiger partial charge in [0.15, 0.2) is 0 Å². The zero-order valence-electron chi connectivity index (χ0n) is 25.4. The summed E-state index contributed by atoms with van der Waals surface area (Å²) in [4.78, 5) is 48.0. The van der Waals surface area contributed by atoms with Crippen molar-refractivity contribution in [2.24, 2.45) is 11.8 Å². The number of anilines is 2. The number of benzene rings is 2. The van der Waals surface area contributed by atoms with E-state index < -0.39 is 6.03 Å². The Morgan fingerprint density at radius 3 is 2.28 bits per heavy atom. The summed E-state index contributed by atoms with van der Waals surface area (Å²) in [7, 11) is 1.40. The maximum Gasteiger partial charge on any atom is 0.343 e. The van der Waals surface area contributed by atoms with Gasteiger partial charge < -0.3 is 20.0 Å². The number of likely N-dealkylation sites (tertiary alicyclic amines) is 2. The summed E-state index contributed by atoms with van der Waals surface area (Å²) in [5.74, 6) is 0.762. The lowest BCUT2D eigenvalue weighted by Crippen LogP contribution is -2.45. The Kier molecular flexibility index (Phi) is 13.6. The van der Waals surface area contributed by atoms with Crippen molar-refractivity contribution in [2.45, 2.75) is 52.4 Å². The van der Waals surface area contributed by atoms with Gasteiger partial charge in [-0.2, -0.15) is 0 Å². The highest BCUT2D eigenvalue weighted by Crippen LogP contribution is 2.28. The third-order valence-corrected chi connectivity index (χ3v) is 8.92. The minimum absolute atomic E-state index is 0. The fourth-order valence-corrected chi connectivity index (χ4v) is 6.13. The van der Waals surface area contributed by atoms with Gasteiger partial charge in [0, 0.05) is 48.9 Å². The Bertz CT molecular complexity index is 1210. The Morgan fingerprint density at radius 2 is 1.67 bits per heavy atom. The lowest BCUT2D eigenvalue weighted by atomic mass is 9.90. The number of amides is 4. The molecule has 2 aromatic carbocycles. The van der Waals surface area contributed by atoms with Crippen LogP contribution >= 0.6 is 24.0 Å². The average Bonchev–Trinajstić information content (AvgIpc) is 2.98. The fraction of sp³-hybridized carbons (Fsp3) is 0.531. The molecule has 0 aliphatic carbocycles. The van der Waals surface area contributed by atoms with Crippen molar-refractivity contribution in [3.63, 3.8) is 0 Å². The normalized spacial score (nSPS) is 16.3. The molecule has 2 fully saturated rings. The van der Waals surface area contributed by atoms with Crippen molar-refractivity contribution >= 4 is 53.2 Å². The zero-order valence-corrected chi connectivity index (χ0v) is 27.0. The number of hydrogen-bond acceptors (Lipinski definition) is 5. The van der Waals surface area contributed by atoms with Crippen molar-refractivity contribution in [3.05, 3.63) is 58.6 Å². The molecular formula is C32H45Cl2N5O4. The highest BCUT2D eigenvalue weighted by molar-refractivity contribution is 6.31. The zero-order chi connectivity index (χ0) is 30.1. The van der Waals surface area contributed by atoms with Gasteiger partial charge in [-0.05, 0) is 106 Å². The largest absolute Gasteiger partial charge is 0.343 e. The van der Waals surface area contributed by atoms with Crippen LogP contribution in [0.2, 0.25) is 5.02 Å². The van der Waals surface area contributed by atoms with Gasteiger partial charge in [-0.3, -0.25) is 14.4 Å². The summed E-state index contributed by atoms with van der Waals surface area (Å²) >= 11 is 6.45. The summed E-state index contributed by atoms with van der Waals surface area (Å²) < 4.78 is 0. The van der Waals surface area contributed by atoms with E-state index in [4.69, 9.17) is 11.6 Å². The minimum atomic E-state index is -0.400. The van der Waals surface area contributed by atoms with Crippen molar-refractivity contribution in [1.29, 1.82) is 0 Å². The summed E-state index contributed by atoms with van der Waals surface area (Å²) in [5.41, 5.74) is 6.09. The molecule has 0 saturated carbocycles. The van der Waals surface area contributed by atoms with Gasteiger partial charge in [-0.1, -0.05) is 29.8 Å². The lowest BCUT2D eigenvalue weighted by Gasteiger charge is -2.35. The molecule has 0 atom stereocenters.